The van der Waals surface area contributed by atoms with Crippen LogP contribution in [0.25, 0.3) is 0 Å². The highest BCUT2D eigenvalue weighted by Gasteiger charge is 2.14. The molecule has 0 amide bonds. The van der Waals surface area contributed by atoms with E-state index in [0.717, 1.165) is 0 Å². The summed E-state index contributed by atoms with van der Waals surface area (Å²) >= 11 is 0. The highest BCUT2D eigenvalue weighted by molar-refractivity contribution is 5.96. The number of aldehydes is 1. The second kappa shape index (κ2) is 3.17. The maximum Gasteiger partial charge on any atom is 0.341 e. The Labute approximate surface area is 68.9 Å². The highest BCUT2D eigenvalue weighted by atomic mass is 16.5. The molecule has 5 heteroatoms. The van der Waals surface area contributed by atoms with Gasteiger partial charge in [-0.25, -0.2) is 4.79 Å². The minimum Gasteiger partial charge on any atom is -0.465 e. The summed E-state index contributed by atoms with van der Waals surface area (Å²) in [4.78, 5) is 21.3. The summed E-state index contributed by atoms with van der Waals surface area (Å²) in [5, 5.41) is 3.75. The van der Waals surface area contributed by atoms with Gasteiger partial charge < -0.3 is 4.74 Å². The molecule has 0 aromatic carbocycles. The smallest absolute Gasteiger partial charge is 0.341 e. The lowest BCUT2D eigenvalue weighted by Crippen LogP contribution is -2.02. The van der Waals surface area contributed by atoms with E-state index in [4.69, 9.17) is 0 Å². The first-order valence-electron chi connectivity index (χ1n) is 3.26. The third kappa shape index (κ3) is 1.34. The minimum absolute atomic E-state index is 0.101. The Morgan fingerprint density at radius 1 is 1.75 bits per heavy atom. The lowest BCUT2D eigenvalue weighted by Gasteiger charge is -1.92. The van der Waals surface area contributed by atoms with Crippen molar-refractivity contribution in [1.29, 1.82) is 0 Å². The van der Waals surface area contributed by atoms with E-state index >= 15 is 0 Å². The zero-order valence-corrected chi connectivity index (χ0v) is 6.77. The van der Waals surface area contributed by atoms with E-state index in [2.05, 4.69) is 9.84 Å². The van der Waals surface area contributed by atoms with Gasteiger partial charge >= 0.3 is 5.97 Å². The molecule has 5 nitrogen and oxygen atoms in total. The fourth-order valence-electron chi connectivity index (χ4n) is 0.860. The highest BCUT2D eigenvalue weighted by Crippen LogP contribution is 2.04. The summed E-state index contributed by atoms with van der Waals surface area (Å²) in [5.41, 5.74) is 0.291. The predicted octanol–water partition coefficient (Wildman–Crippen LogP) is 0.0192. The number of methoxy groups -OCH3 is 1. The fraction of sp³-hybridized carbons (Fsp3) is 0.286. The summed E-state index contributed by atoms with van der Waals surface area (Å²) in [6.45, 7) is 0. The van der Waals surface area contributed by atoms with Crippen LogP contribution in [0.1, 0.15) is 20.8 Å². The third-order valence-corrected chi connectivity index (χ3v) is 1.37. The van der Waals surface area contributed by atoms with Crippen molar-refractivity contribution in [2.24, 2.45) is 7.05 Å². The fourth-order valence-corrected chi connectivity index (χ4v) is 0.860. The quantitative estimate of drug-likeness (QED) is 0.461. The van der Waals surface area contributed by atoms with Crippen LogP contribution < -0.4 is 0 Å². The molecule has 0 N–H and O–H groups in total. The summed E-state index contributed by atoms with van der Waals surface area (Å²) in [6, 6.07) is 0. The monoisotopic (exact) mass is 168 g/mol. The third-order valence-electron chi connectivity index (χ3n) is 1.37. The lowest BCUT2D eigenvalue weighted by molar-refractivity contribution is 0.0598. The van der Waals surface area contributed by atoms with Gasteiger partial charge in [0, 0.05) is 13.2 Å². The zero-order valence-electron chi connectivity index (χ0n) is 6.77. The number of carbonyl (C=O) groups is 2. The Balaban J connectivity index is 3.12. The van der Waals surface area contributed by atoms with Gasteiger partial charge in [0.1, 0.15) is 11.3 Å². The van der Waals surface area contributed by atoms with Gasteiger partial charge in [-0.2, -0.15) is 5.10 Å². The largest absolute Gasteiger partial charge is 0.465 e. The van der Waals surface area contributed by atoms with E-state index in [-0.39, 0.29) is 11.3 Å². The van der Waals surface area contributed by atoms with Crippen LogP contribution in [0, 0.1) is 0 Å². The maximum absolute atomic E-state index is 11.0. The Morgan fingerprint density at radius 3 is 2.92 bits per heavy atom. The second-order valence-electron chi connectivity index (χ2n) is 2.21. The Hall–Kier alpha value is -1.65. The molecule has 0 atom stereocenters. The number of aromatic nitrogens is 2. The molecule has 0 aliphatic rings. The van der Waals surface area contributed by atoms with Gasteiger partial charge in [0.2, 0.25) is 0 Å². The number of rotatable bonds is 2. The minimum atomic E-state index is -0.551. The molecule has 1 rings (SSSR count). The van der Waals surface area contributed by atoms with E-state index in [1.165, 1.54) is 18.0 Å². The first-order valence-corrected chi connectivity index (χ1v) is 3.26. The Morgan fingerprint density at radius 2 is 2.42 bits per heavy atom. The molecule has 64 valence electrons. The summed E-state index contributed by atoms with van der Waals surface area (Å²) < 4.78 is 5.83. The lowest BCUT2D eigenvalue weighted by atomic mass is 10.3. The molecule has 0 fully saturated rings. The van der Waals surface area contributed by atoms with Crippen molar-refractivity contribution in [3.63, 3.8) is 0 Å². The zero-order chi connectivity index (χ0) is 9.14. The average Bonchev–Trinajstić information content (AvgIpc) is 2.45. The topological polar surface area (TPSA) is 61.2 Å². The molecule has 1 aromatic rings. The van der Waals surface area contributed by atoms with Crippen LogP contribution >= 0.6 is 0 Å². The van der Waals surface area contributed by atoms with Crippen LogP contribution in [-0.4, -0.2) is 29.1 Å². The van der Waals surface area contributed by atoms with Gasteiger partial charge in [0.15, 0.2) is 6.29 Å². The van der Waals surface area contributed by atoms with Crippen LogP contribution in [0.4, 0.5) is 0 Å². The van der Waals surface area contributed by atoms with Crippen molar-refractivity contribution in [2.75, 3.05) is 7.11 Å². The molecule has 0 spiro atoms. The van der Waals surface area contributed by atoms with Crippen molar-refractivity contribution in [2.45, 2.75) is 0 Å². The number of hydrogen-bond donors (Lipinski definition) is 0. The van der Waals surface area contributed by atoms with Gasteiger partial charge in [-0.15, -0.1) is 0 Å². The summed E-state index contributed by atoms with van der Waals surface area (Å²) in [6.07, 6.45) is 1.96. The molecule has 0 saturated carbocycles. The molecule has 0 unspecified atom stereocenters. The number of ether oxygens (including phenoxy) is 1. The first-order chi connectivity index (χ1) is 5.69. The van der Waals surface area contributed by atoms with Crippen molar-refractivity contribution in [1.82, 2.24) is 9.78 Å². The molecule has 0 bridgehead atoms. The van der Waals surface area contributed by atoms with Crippen LogP contribution in [0.5, 0.6) is 0 Å². The molecule has 0 radical (unpaired) electrons. The molecular weight excluding hydrogens is 160 g/mol. The number of aryl methyl sites for hydroxylation is 1. The van der Waals surface area contributed by atoms with Crippen molar-refractivity contribution in [3.8, 4) is 0 Å². The van der Waals surface area contributed by atoms with Crippen LogP contribution in [-0.2, 0) is 11.8 Å². The van der Waals surface area contributed by atoms with Gasteiger partial charge in [-0.05, 0) is 0 Å². The molecule has 0 aliphatic carbocycles. The first kappa shape index (κ1) is 8.45. The van der Waals surface area contributed by atoms with Crippen LogP contribution in [0.2, 0.25) is 0 Å². The molecule has 0 saturated heterocycles. The average molecular weight is 168 g/mol. The summed E-state index contributed by atoms with van der Waals surface area (Å²) in [5.74, 6) is -0.551. The van der Waals surface area contributed by atoms with Crippen molar-refractivity contribution >= 4 is 12.3 Å². The standard InChI is InChI=1S/C7H8N2O3/c1-9-3-5(7(11)12-2)6(4-10)8-9/h3-4H,1-2H3. The molecule has 1 heterocycles. The number of nitrogens with zero attached hydrogens (tertiary/aromatic N) is 2. The number of carbonyl (C=O) groups excluding carboxylic acids is 2. The molecular formula is C7H8N2O3. The van der Waals surface area contributed by atoms with E-state index < -0.39 is 5.97 Å². The Bertz CT molecular complexity index is 316. The van der Waals surface area contributed by atoms with E-state index in [9.17, 15) is 9.59 Å². The van der Waals surface area contributed by atoms with Crippen LogP contribution in [0.15, 0.2) is 6.20 Å². The normalized spacial score (nSPS) is 9.50. The van der Waals surface area contributed by atoms with Crippen LogP contribution in [0.3, 0.4) is 0 Å². The SMILES string of the molecule is COC(=O)c1cn(C)nc1C=O. The van der Waals surface area contributed by atoms with E-state index in [0.29, 0.717) is 6.29 Å². The number of hydrogen-bond acceptors (Lipinski definition) is 4. The maximum atomic E-state index is 11.0. The predicted molar refractivity (Wildman–Crippen MR) is 39.9 cm³/mol. The van der Waals surface area contributed by atoms with Gasteiger partial charge in [-0.1, -0.05) is 0 Å². The van der Waals surface area contributed by atoms with Gasteiger partial charge in [0.25, 0.3) is 0 Å². The number of esters is 1. The molecule has 12 heavy (non-hydrogen) atoms. The van der Waals surface area contributed by atoms with Crippen molar-refractivity contribution in [3.05, 3.63) is 17.5 Å². The summed E-state index contributed by atoms with van der Waals surface area (Å²) in [7, 11) is 2.88. The molecule has 1 aromatic heterocycles. The van der Waals surface area contributed by atoms with Crippen molar-refractivity contribution < 1.29 is 14.3 Å². The van der Waals surface area contributed by atoms with E-state index in [1.54, 1.807) is 7.05 Å². The Kier molecular flexibility index (Phi) is 2.23. The van der Waals surface area contributed by atoms with E-state index in [1.807, 2.05) is 0 Å². The van der Waals surface area contributed by atoms with Gasteiger partial charge in [0.05, 0.1) is 7.11 Å². The van der Waals surface area contributed by atoms with Gasteiger partial charge in [-0.3, -0.25) is 9.48 Å². The second-order valence-corrected chi connectivity index (χ2v) is 2.21. The molecule has 0 aliphatic heterocycles.